The summed E-state index contributed by atoms with van der Waals surface area (Å²) in [7, 11) is 0. The molecule has 5 heteroatoms. The third-order valence-electron chi connectivity index (χ3n) is 2.90. The van der Waals surface area contributed by atoms with Crippen LogP contribution in [0.2, 0.25) is 0 Å². The summed E-state index contributed by atoms with van der Waals surface area (Å²) in [4.78, 5) is 4.18. The standard InChI is InChI=1S/C15H9BrN2O2/c1-9-6-7-18-15(13(9)16)20-14-10-4-2-3-5-11(10)19-12(14)8-17/h2-7H,1H3. The Kier molecular flexibility index (Phi) is 3.17. The molecule has 2 aromatic heterocycles. The van der Waals surface area contributed by atoms with Crippen LogP contribution in [-0.4, -0.2) is 4.98 Å². The molecule has 0 fully saturated rings. The lowest BCUT2D eigenvalue weighted by atomic mass is 10.2. The first kappa shape index (κ1) is 12.7. The molecule has 3 rings (SSSR count). The van der Waals surface area contributed by atoms with Crippen LogP contribution in [0.15, 0.2) is 45.4 Å². The first-order valence-electron chi connectivity index (χ1n) is 5.91. The van der Waals surface area contributed by atoms with Gasteiger partial charge in [-0.3, -0.25) is 0 Å². The second kappa shape index (κ2) is 4.99. The molecular formula is C15H9BrN2O2. The molecule has 0 radical (unpaired) electrons. The summed E-state index contributed by atoms with van der Waals surface area (Å²) >= 11 is 3.44. The zero-order valence-corrected chi connectivity index (χ0v) is 12.1. The molecule has 4 nitrogen and oxygen atoms in total. The van der Waals surface area contributed by atoms with Gasteiger partial charge >= 0.3 is 0 Å². The predicted octanol–water partition coefficient (Wildman–Crippen LogP) is 4.56. The number of pyridine rings is 1. The van der Waals surface area contributed by atoms with Gasteiger partial charge in [-0.25, -0.2) is 4.98 Å². The average molecular weight is 329 g/mol. The second-order valence-electron chi connectivity index (χ2n) is 4.22. The van der Waals surface area contributed by atoms with Crippen molar-refractivity contribution >= 4 is 26.9 Å². The molecule has 0 unspecified atom stereocenters. The first-order valence-corrected chi connectivity index (χ1v) is 6.70. The molecule has 0 bridgehead atoms. The summed E-state index contributed by atoms with van der Waals surface area (Å²) in [5, 5.41) is 9.91. The number of rotatable bonds is 2. The highest BCUT2D eigenvalue weighted by Crippen LogP contribution is 2.37. The van der Waals surface area contributed by atoms with Crippen molar-refractivity contribution < 1.29 is 9.15 Å². The summed E-state index contributed by atoms with van der Waals surface area (Å²) < 4.78 is 12.0. The summed E-state index contributed by atoms with van der Waals surface area (Å²) in [6, 6.07) is 11.2. The number of benzene rings is 1. The monoisotopic (exact) mass is 328 g/mol. The average Bonchev–Trinajstić information content (AvgIpc) is 2.82. The van der Waals surface area contributed by atoms with Crippen LogP contribution in [0.1, 0.15) is 11.3 Å². The SMILES string of the molecule is Cc1ccnc(Oc2c(C#N)oc3ccccc23)c1Br. The highest BCUT2D eigenvalue weighted by molar-refractivity contribution is 9.10. The maximum Gasteiger partial charge on any atom is 0.247 e. The van der Waals surface area contributed by atoms with E-state index in [-0.39, 0.29) is 5.76 Å². The molecule has 3 aromatic rings. The topological polar surface area (TPSA) is 59.0 Å². The minimum atomic E-state index is 0.140. The van der Waals surface area contributed by atoms with Gasteiger partial charge in [0.15, 0.2) is 5.75 Å². The third kappa shape index (κ3) is 2.04. The van der Waals surface area contributed by atoms with Crippen molar-refractivity contribution in [2.75, 3.05) is 0 Å². The number of nitrogens with zero attached hydrogens (tertiary/aromatic N) is 2. The fraction of sp³-hybridized carbons (Fsp3) is 0.0667. The van der Waals surface area contributed by atoms with Gasteiger partial charge in [0.2, 0.25) is 11.6 Å². The lowest BCUT2D eigenvalue weighted by Crippen LogP contribution is -1.91. The molecule has 0 aliphatic carbocycles. The third-order valence-corrected chi connectivity index (χ3v) is 3.87. The first-order chi connectivity index (χ1) is 9.70. The molecule has 0 saturated heterocycles. The lowest BCUT2D eigenvalue weighted by molar-refractivity contribution is 0.447. The lowest BCUT2D eigenvalue weighted by Gasteiger charge is -2.06. The van der Waals surface area contributed by atoms with E-state index >= 15 is 0 Å². The maximum absolute atomic E-state index is 9.17. The molecule has 0 aliphatic rings. The van der Waals surface area contributed by atoms with E-state index in [2.05, 4.69) is 20.9 Å². The van der Waals surface area contributed by atoms with Crippen molar-refractivity contribution in [2.45, 2.75) is 6.92 Å². The Morgan fingerprint density at radius 1 is 1.30 bits per heavy atom. The number of nitriles is 1. The normalized spacial score (nSPS) is 10.4. The predicted molar refractivity (Wildman–Crippen MR) is 77.7 cm³/mol. The molecule has 0 N–H and O–H groups in total. The van der Waals surface area contributed by atoms with Crippen LogP contribution in [0.3, 0.4) is 0 Å². The van der Waals surface area contributed by atoms with Crippen LogP contribution in [0.5, 0.6) is 11.6 Å². The second-order valence-corrected chi connectivity index (χ2v) is 5.01. The van der Waals surface area contributed by atoms with E-state index in [9.17, 15) is 0 Å². The van der Waals surface area contributed by atoms with Gasteiger partial charge in [0.05, 0.1) is 9.86 Å². The Morgan fingerprint density at radius 3 is 2.90 bits per heavy atom. The van der Waals surface area contributed by atoms with Crippen LogP contribution in [-0.2, 0) is 0 Å². The van der Waals surface area contributed by atoms with E-state index in [1.807, 2.05) is 37.3 Å². The van der Waals surface area contributed by atoms with Crippen LogP contribution in [0.25, 0.3) is 11.0 Å². The van der Waals surface area contributed by atoms with Gasteiger partial charge in [-0.15, -0.1) is 0 Å². The number of hydrogen-bond donors (Lipinski definition) is 0. The number of hydrogen-bond acceptors (Lipinski definition) is 4. The number of halogens is 1. The van der Waals surface area contributed by atoms with E-state index in [0.29, 0.717) is 17.2 Å². The maximum atomic E-state index is 9.17. The largest absolute Gasteiger partial charge is 0.442 e. The van der Waals surface area contributed by atoms with Crippen LogP contribution < -0.4 is 4.74 Å². The highest BCUT2D eigenvalue weighted by atomic mass is 79.9. The molecule has 0 atom stereocenters. The molecule has 98 valence electrons. The number of para-hydroxylation sites is 1. The summed E-state index contributed by atoms with van der Waals surface area (Å²) in [6.45, 7) is 1.94. The van der Waals surface area contributed by atoms with Gasteiger partial charge in [0.1, 0.15) is 11.7 Å². The van der Waals surface area contributed by atoms with E-state index in [1.54, 1.807) is 12.3 Å². The molecule has 20 heavy (non-hydrogen) atoms. The van der Waals surface area contributed by atoms with Gasteiger partial charge in [0.25, 0.3) is 0 Å². The number of ether oxygens (including phenoxy) is 1. The Morgan fingerprint density at radius 2 is 2.10 bits per heavy atom. The molecule has 2 heterocycles. The van der Waals surface area contributed by atoms with Gasteiger partial charge < -0.3 is 9.15 Å². The molecule has 1 aromatic carbocycles. The van der Waals surface area contributed by atoms with Crippen LogP contribution in [0, 0.1) is 18.3 Å². The fourth-order valence-electron chi connectivity index (χ4n) is 1.88. The van der Waals surface area contributed by atoms with Crippen molar-refractivity contribution in [1.29, 1.82) is 5.26 Å². The van der Waals surface area contributed by atoms with Crippen molar-refractivity contribution in [1.82, 2.24) is 4.98 Å². The smallest absolute Gasteiger partial charge is 0.247 e. The van der Waals surface area contributed by atoms with Gasteiger partial charge in [-0.05, 0) is 46.6 Å². The fourth-order valence-corrected chi connectivity index (χ4v) is 2.20. The van der Waals surface area contributed by atoms with Gasteiger partial charge in [-0.1, -0.05) is 12.1 Å². The van der Waals surface area contributed by atoms with Crippen molar-refractivity contribution in [3.05, 3.63) is 52.3 Å². The number of furan rings is 1. The van der Waals surface area contributed by atoms with E-state index in [4.69, 9.17) is 14.4 Å². The Hall–Kier alpha value is -2.32. The van der Waals surface area contributed by atoms with Gasteiger partial charge in [-0.2, -0.15) is 5.26 Å². The van der Waals surface area contributed by atoms with Crippen molar-refractivity contribution in [2.24, 2.45) is 0 Å². The minimum absolute atomic E-state index is 0.140. The van der Waals surface area contributed by atoms with Crippen LogP contribution >= 0.6 is 15.9 Å². The zero-order valence-electron chi connectivity index (χ0n) is 10.6. The van der Waals surface area contributed by atoms with Crippen molar-refractivity contribution in [3.8, 4) is 17.7 Å². The van der Waals surface area contributed by atoms with E-state index in [0.717, 1.165) is 15.4 Å². The molecular weight excluding hydrogens is 320 g/mol. The molecule has 0 saturated carbocycles. The zero-order chi connectivity index (χ0) is 14.1. The summed E-state index contributed by atoms with van der Waals surface area (Å²) in [5.41, 5.74) is 1.61. The summed E-state index contributed by atoms with van der Waals surface area (Å²) in [6.07, 6.45) is 1.66. The highest BCUT2D eigenvalue weighted by Gasteiger charge is 2.18. The van der Waals surface area contributed by atoms with Gasteiger partial charge in [0, 0.05) is 6.20 Å². The minimum Gasteiger partial charge on any atom is -0.442 e. The van der Waals surface area contributed by atoms with Crippen LogP contribution in [0.4, 0.5) is 0 Å². The van der Waals surface area contributed by atoms with Crippen molar-refractivity contribution in [3.63, 3.8) is 0 Å². The molecule has 0 spiro atoms. The van der Waals surface area contributed by atoms with E-state index < -0.39 is 0 Å². The quantitative estimate of drug-likeness (QED) is 0.691. The molecule has 0 aliphatic heterocycles. The Balaban J connectivity index is 2.15. The Bertz CT molecular complexity index is 833. The summed E-state index contributed by atoms with van der Waals surface area (Å²) in [5.74, 6) is 0.941. The number of aromatic nitrogens is 1. The molecule has 0 amide bonds. The number of aryl methyl sites for hydroxylation is 1. The number of fused-ring (bicyclic) bond motifs is 1. The van der Waals surface area contributed by atoms with E-state index in [1.165, 1.54) is 0 Å². The Labute approximate surface area is 123 Å².